The lowest BCUT2D eigenvalue weighted by Crippen LogP contribution is -2.11. The van der Waals surface area contributed by atoms with Gasteiger partial charge in [-0.2, -0.15) is 0 Å². The molecular formula is C10H13FIN. The van der Waals surface area contributed by atoms with Gasteiger partial charge in [-0.25, -0.2) is 4.39 Å². The Kier molecular flexibility index (Phi) is 4.12. The summed E-state index contributed by atoms with van der Waals surface area (Å²) < 4.78 is 14.3. The fraction of sp³-hybridized carbons (Fsp3) is 0.400. The molecule has 0 bridgehead atoms. The van der Waals surface area contributed by atoms with Gasteiger partial charge in [0.05, 0.1) is 0 Å². The first-order valence-corrected chi connectivity index (χ1v) is 5.43. The quantitative estimate of drug-likeness (QED) is 0.851. The SMILES string of the molecule is CCCC(N)c1cc(I)ccc1F. The molecule has 1 unspecified atom stereocenters. The Morgan fingerprint density at radius 2 is 2.23 bits per heavy atom. The van der Waals surface area contributed by atoms with Crippen molar-refractivity contribution in [3.8, 4) is 0 Å². The van der Waals surface area contributed by atoms with E-state index in [1.54, 1.807) is 6.07 Å². The first kappa shape index (κ1) is 10.9. The van der Waals surface area contributed by atoms with E-state index in [0.29, 0.717) is 5.56 Å². The van der Waals surface area contributed by atoms with Crippen molar-refractivity contribution in [3.63, 3.8) is 0 Å². The van der Waals surface area contributed by atoms with Gasteiger partial charge in [0.15, 0.2) is 0 Å². The van der Waals surface area contributed by atoms with E-state index in [2.05, 4.69) is 22.6 Å². The van der Waals surface area contributed by atoms with Crippen LogP contribution in [0.15, 0.2) is 18.2 Å². The molecule has 0 radical (unpaired) electrons. The van der Waals surface area contributed by atoms with Gasteiger partial charge in [-0.3, -0.25) is 0 Å². The Hall–Kier alpha value is -0.160. The van der Waals surface area contributed by atoms with Gasteiger partial charge in [0.1, 0.15) is 5.82 Å². The highest BCUT2D eigenvalue weighted by atomic mass is 127. The van der Waals surface area contributed by atoms with Gasteiger partial charge < -0.3 is 5.73 Å². The van der Waals surface area contributed by atoms with E-state index >= 15 is 0 Å². The van der Waals surface area contributed by atoms with Crippen LogP contribution in [0.1, 0.15) is 31.4 Å². The summed E-state index contributed by atoms with van der Waals surface area (Å²) in [5.41, 5.74) is 6.47. The van der Waals surface area contributed by atoms with Crippen molar-refractivity contribution in [3.05, 3.63) is 33.1 Å². The molecule has 0 aliphatic carbocycles. The van der Waals surface area contributed by atoms with Crippen LogP contribution in [0.25, 0.3) is 0 Å². The lowest BCUT2D eigenvalue weighted by molar-refractivity contribution is 0.559. The predicted molar refractivity (Wildman–Crippen MR) is 61.0 cm³/mol. The van der Waals surface area contributed by atoms with Crippen LogP contribution in [0.5, 0.6) is 0 Å². The van der Waals surface area contributed by atoms with Crippen LogP contribution < -0.4 is 5.73 Å². The highest BCUT2D eigenvalue weighted by Gasteiger charge is 2.10. The van der Waals surface area contributed by atoms with Crippen LogP contribution in [0, 0.1) is 9.39 Å². The minimum atomic E-state index is -0.193. The monoisotopic (exact) mass is 293 g/mol. The van der Waals surface area contributed by atoms with Crippen molar-refractivity contribution in [2.75, 3.05) is 0 Å². The van der Waals surface area contributed by atoms with Crippen LogP contribution in [0.2, 0.25) is 0 Å². The number of hydrogen-bond donors (Lipinski definition) is 1. The molecule has 0 aliphatic heterocycles. The molecular weight excluding hydrogens is 280 g/mol. The predicted octanol–water partition coefficient (Wildman–Crippen LogP) is 3.23. The lowest BCUT2D eigenvalue weighted by atomic mass is 10.0. The van der Waals surface area contributed by atoms with E-state index in [0.717, 1.165) is 16.4 Å². The van der Waals surface area contributed by atoms with Crippen LogP contribution in [-0.2, 0) is 0 Å². The first-order valence-electron chi connectivity index (χ1n) is 4.35. The maximum Gasteiger partial charge on any atom is 0.128 e. The molecule has 0 amide bonds. The Labute approximate surface area is 91.7 Å². The molecule has 0 heterocycles. The topological polar surface area (TPSA) is 26.0 Å². The molecule has 1 aromatic rings. The number of benzene rings is 1. The minimum Gasteiger partial charge on any atom is -0.324 e. The summed E-state index contributed by atoms with van der Waals surface area (Å²) in [4.78, 5) is 0. The number of rotatable bonds is 3. The normalized spacial score (nSPS) is 12.9. The average Bonchev–Trinajstić information content (AvgIpc) is 2.09. The van der Waals surface area contributed by atoms with Crippen molar-refractivity contribution in [1.29, 1.82) is 0 Å². The molecule has 0 saturated carbocycles. The molecule has 13 heavy (non-hydrogen) atoms. The number of halogens is 2. The third-order valence-corrected chi connectivity index (χ3v) is 2.63. The van der Waals surface area contributed by atoms with Gasteiger partial charge >= 0.3 is 0 Å². The van der Waals surface area contributed by atoms with Gasteiger partial charge in [-0.15, -0.1) is 0 Å². The summed E-state index contributed by atoms with van der Waals surface area (Å²) in [5.74, 6) is -0.193. The Bertz CT molecular complexity index is 288. The largest absolute Gasteiger partial charge is 0.324 e. The zero-order valence-corrected chi connectivity index (χ0v) is 9.71. The lowest BCUT2D eigenvalue weighted by Gasteiger charge is -2.11. The zero-order valence-electron chi connectivity index (χ0n) is 7.56. The highest BCUT2D eigenvalue weighted by molar-refractivity contribution is 14.1. The standard InChI is InChI=1S/C10H13FIN/c1-2-3-10(13)8-6-7(12)4-5-9(8)11/h4-6,10H,2-3,13H2,1H3. The summed E-state index contributed by atoms with van der Waals surface area (Å²) >= 11 is 2.16. The molecule has 0 spiro atoms. The van der Waals surface area contributed by atoms with Gasteiger partial charge in [0.2, 0.25) is 0 Å². The number of hydrogen-bond acceptors (Lipinski definition) is 1. The van der Waals surface area contributed by atoms with Crippen LogP contribution in [0.4, 0.5) is 4.39 Å². The molecule has 3 heteroatoms. The van der Waals surface area contributed by atoms with Crippen molar-refractivity contribution in [1.82, 2.24) is 0 Å². The number of nitrogens with two attached hydrogens (primary N) is 1. The zero-order chi connectivity index (χ0) is 9.84. The van der Waals surface area contributed by atoms with Gasteiger partial charge in [0.25, 0.3) is 0 Å². The van der Waals surface area contributed by atoms with E-state index in [1.807, 2.05) is 13.0 Å². The summed E-state index contributed by atoms with van der Waals surface area (Å²) in [6.07, 6.45) is 1.81. The molecule has 0 fully saturated rings. The molecule has 1 aromatic carbocycles. The van der Waals surface area contributed by atoms with E-state index in [9.17, 15) is 4.39 Å². The van der Waals surface area contributed by atoms with Crippen LogP contribution in [-0.4, -0.2) is 0 Å². The molecule has 0 aromatic heterocycles. The second kappa shape index (κ2) is 4.91. The molecule has 1 nitrogen and oxygen atoms in total. The molecule has 0 saturated heterocycles. The third kappa shape index (κ3) is 2.91. The molecule has 0 aliphatic rings. The average molecular weight is 293 g/mol. The summed E-state index contributed by atoms with van der Waals surface area (Å²) in [6, 6.07) is 4.88. The molecule has 72 valence electrons. The van der Waals surface area contributed by atoms with Crippen molar-refractivity contribution in [2.24, 2.45) is 5.73 Å². The van der Waals surface area contributed by atoms with E-state index < -0.39 is 0 Å². The summed E-state index contributed by atoms with van der Waals surface area (Å²) in [6.45, 7) is 2.05. The van der Waals surface area contributed by atoms with Gasteiger partial charge in [-0.1, -0.05) is 13.3 Å². The fourth-order valence-electron chi connectivity index (χ4n) is 1.27. The van der Waals surface area contributed by atoms with Gasteiger partial charge in [0, 0.05) is 15.2 Å². The first-order chi connectivity index (χ1) is 6.15. The van der Waals surface area contributed by atoms with Gasteiger partial charge in [-0.05, 0) is 47.2 Å². The van der Waals surface area contributed by atoms with E-state index in [4.69, 9.17) is 5.73 Å². The Morgan fingerprint density at radius 3 is 2.85 bits per heavy atom. The van der Waals surface area contributed by atoms with E-state index in [-0.39, 0.29) is 11.9 Å². The summed E-state index contributed by atoms with van der Waals surface area (Å²) in [7, 11) is 0. The molecule has 2 N–H and O–H groups in total. The second-order valence-corrected chi connectivity index (χ2v) is 4.31. The van der Waals surface area contributed by atoms with Crippen LogP contribution >= 0.6 is 22.6 Å². The van der Waals surface area contributed by atoms with Crippen molar-refractivity contribution in [2.45, 2.75) is 25.8 Å². The highest BCUT2D eigenvalue weighted by Crippen LogP contribution is 2.21. The second-order valence-electron chi connectivity index (χ2n) is 3.06. The maximum absolute atomic E-state index is 13.3. The van der Waals surface area contributed by atoms with E-state index in [1.165, 1.54) is 6.07 Å². The fourth-order valence-corrected chi connectivity index (χ4v) is 1.78. The molecule has 1 atom stereocenters. The minimum absolute atomic E-state index is 0.167. The third-order valence-electron chi connectivity index (χ3n) is 1.96. The van der Waals surface area contributed by atoms with Crippen molar-refractivity contribution >= 4 is 22.6 Å². The van der Waals surface area contributed by atoms with Crippen molar-refractivity contribution < 1.29 is 4.39 Å². The van der Waals surface area contributed by atoms with Crippen LogP contribution in [0.3, 0.4) is 0 Å². The Balaban J connectivity index is 2.91. The maximum atomic E-state index is 13.3. The summed E-state index contributed by atoms with van der Waals surface area (Å²) in [5, 5.41) is 0. The smallest absolute Gasteiger partial charge is 0.128 e. The Morgan fingerprint density at radius 1 is 1.54 bits per heavy atom. The molecule has 1 rings (SSSR count).